The fourth-order valence-electron chi connectivity index (χ4n) is 2.21. The van der Waals surface area contributed by atoms with Gasteiger partial charge in [0, 0.05) is 19.3 Å². The molecule has 24 heavy (non-hydrogen) atoms. The van der Waals surface area contributed by atoms with Gasteiger partial charge in [0.25, 0.3) is 5.91 Å². The summed E-state index contributed by atoms with van der Waals surface area (Å²) < 4.78 is 1.33. The number of halogens is 2. The smallest absolute Gasteiger partial charge is 0.274 e. The summed E-state index contributed by atoms with van der Waals surface area (Å²) >= 11 is 12.1. The summed E-state index contributed by atoms with van der Waals surface area (Å²) in [5, 5.41) is 7.50. The summed E-state index contributed by atoms with van der Waals surface area (Å²) in [5.74, 6) is -0.0309. The molecule has 1 aliphatic rings. The summed E-state index contributed by atoms with van der Waals surface area (Å²) in [6.07, 6.45) is 3.27. The molecule has 0 aromatic carbocycles. The second kappa shape index (κ2) is 6.62. The first-order chi connectivity index (χ1) is 11.5. The van der Waals surface area contributed by atoms with Crippen molar-refractivity contribution in [3.63, 3.8) is 0 Å². The van der Waals surface area contributed by atoms with Gasteiger partial charge < -0.3 is 10.2 Å². The molecule has 2 aromatic rings. The minimum atomic E-state index is -0.365. The van der Waals surface area contributed by atoms with Gasteiger partial charge in [0.05, 0.1) is 29.3 Å². The number of amides is 1. The molecule has 3 heterocycles. The molecular weight excluding hydrogens is 351 g/mol. The summed E-state index contributed by atoms with van der Waals surface area (Å²) in [7, 11) is 1.87. The Hall–Kier alpha value is -2.38. The van der Waals surface area contributed by atoms with Crippen LogP contribution in [0, 0.1) is 0 Å². The zero-order chi connectivity index (χ0) is 17.3. The van der Waals surface area contributed by atoms with Gasteiger partial charge in [-0.05, 0) is 19.1 Å². The van der Waals surface area contributed by atoms with Gasteiger partial charge in [0.1, 0.15) is 5.69 Å². The molecule has 0 atom stereocenters. The van der Waals surface area contributed by atoms with E-state index in [2.05, 4.69) is 20.4 Å². The Morgan fingerprint density at radius 3 is 2.92 bits per heavy atom. The van der Waals surface area contributed by atoms with E-state index in [1.807, 2.05) is 18.9 Å². The normalized spacial score (nSPS) is 14.2. The molecule has 0 bridgehead atoms. The maximum atomic E-state index is 12.7. The van der Waals surface area contributed by atoms with E-state index in [9.17, 15) is 4.79 Å². The maximum Gasteiger partial charge on any atom is 0.274 e. The van der Waals surface area contributed by atoms with Crippen molar-refractivity contribution < 1.29 is 4.79 Å². The van der Waals surface area contributed by atoms with E-state index >= 15 is 0 Å². The molecule has 9 heteroatoms. The number of rotatable bonds is 3. The van der Waals surface area contributed by atoms with Gasteiger partial charge >= 0.3 is 0 Å². The van der Waals surface area contributed by atoms with Crippen molar-refractivity contribution in [1.82, 2.24) is 25.0 Å². The van der Waals surface area contributed by atoms with Gasteiger partial charge in [0.15, 0.2) is 11.0 Å². The van der Waals surface area contributed by atoms with E-state index in [1.165, 1.54) is 10.7 Å². The van der Waals surface area contributed by atoms with Gasteiger partial charge in [-0.25, -0.2) is 14.7 Å². The van der Waals surface area contributed by atoms with E-state index in [4.69, 9.17) is 23.2 Å². The SMILES string of the molecule is CC1=C(NC(=O)c2cc(Cl)nn2-c2ncccc2Cl)CN(C)C=N1. The predicted molar refractivity (Wildman–Crippen MR) is 92.7 cm³/mol. The third kappa shape index (κ3) is 3.27. The van der Waals surface area contributed by atoms with Gasteiger partial charge in [-0.1, -0.05) is 23.2 Å². The van der Waals surface area contributed by atoms with Gasteiger partial charge in [0.2, 0.25) is 0 Å². The number of likely N-dealkylation sites (N-methyl/N-ethyl adjacent to an activating group) is 1. The van der Waals surface area contributed by atoms with Crippen molar-refractivity contribution >= 4 is 35.4 Å². The molecule has 0 saturated heterocycles. The largest absolute Gasteiger partial charge is 0.360 e. The minimum Gasteiger partial charge on any atom is -0.360 e. The van der Waals surface area contributed by atoms with Crippen LogP contribution >= 0.6 is 23.2 Å². The summed E-state index contributed by atoms with van der Waals surface area (Å²) in [6, 6.07) is 4.83. The highest BCUT2D eigenvalue weighted by Gasteiger charge is 2.21. The Bertz CT molecular complexity index is 857. The highest BCUT2D eigenvalue weighted by atomic mass is 35.5. The first-order valence-electron chi connectivity index (χ1n) is 7.07. The monoisotopic (exact) mass is 364 g/mol. The van der Waals surface area contributed by atoms with Crippen LogP contribution in [0.15, 0.2) is 40.8 Å². The van der Waals surface area contributed by atoms with Crippen LogP contribution in [0.25, 0.3) is 5.82 Å². The zero-order valence-electron chi connectivity index (χ0n) is 13.0. The summed E-state index contributed by atoms with van der Waals surface area (Å²) in [4.78, 5) is 22.9. The van der Waals surface area contributed by atoms with Crippen LogP contribution in [0.4, 0.5) is 0 Å². The van der Waals surface area contributed by atoms with E-state index in [1.54, 1.807) is 24.7 Å². The summed E-state index contributed by atoms with van der Waals surface area (Å²) in [5.41, 5.74) is 1.69. The van der Waals surface area contributed by atoms with Crippen molar-refractivity contribution in [1.29, 1.82) is 0 Å². The van der Waals surface area contributed by atoms with Crippen molar-refractivity contribution in [2.24, 2.45) is 4.99 Å². The van der Waals surface area contributed by atoms with Crippen LogP contribution in [-0.4, -0.2) is 45.5 Å². The van der Waals surface area contributed by atoms with Crippen molar-refractivity contribution in [2.45, 2.75) is 6.92 Å². The number of aliphatic imine (C=N–C) groups is 1. The Morgan fingerprint density at radius 1 is 1.38 bits per heavy atom. The standard InChI is InChI=1S/C15H14Cl2N6O/c1-9-11(7-22(2)8-19-9)20-15(24)12-6-13(17)21-23(12)14-10(16)4-3-5-18-14/h3-6,8H,7H2,1-2H3,(H,20,24). The third-order valence-electron chi connectivity index (χ3n) is 3.41. The molecule has 1 aliphatic heterocycles. The van der Waals surface area contributed by atoms with Crippen molar-refractivity contribution in [2.75, 3.05) is 13.6 Å². The van der Waals surface area contributed by atoms with Crippen LogP contribution in [0.5, 0.6) is 0 Å². The number of aromatic nitrogens is 3. The molecule has 0 spiro atoms. The van der Waals surface area contributed by atoms with Crippen LogP contribution in [-0.2, 0) is 0 Å². The number of pyridine rings is 1. The fraction of sp³-hybridized carbons (Fsp3) is 0.200. The average Bonchev–Trinajstić information content (AvgIpc) is 2.93. The topological polar surface area (TPSA) is 75.4 Å². The van der Waals surface area contributed by atoms with Gasteiger partial charge in [-0.3, -0.25) is 4.79 Å². The zero-order valence-corrected chi connectivity index (χ0v) is 14.5. The molecule has 0 unspecified atom stereocenters. The second-order valence-corrected chi connectivity index (χ2v) is 6.05. The number of nitrogens with zero attached hydrogens (tertiary/aromatic N) is 5. The number of allylic oxidation sites excluding steroid dienone is 1. The van der Waals surface area contributed by atoms with Gasteiger partial charge in [-0.2, -0.15) is 5.10 Å². The highest BCUT2D eigenvalue weighted by Crippen LogP contribution is 2.21. The number of carbonyl (C=O) groups excluding carboxylic acids is 1. The summed E-state index contributed by atoms with van der Waals surface area (Å²) in [6.45, 7) is 2.38. The number of nitrogens with one attached hydrogen (secondary N) is 1. The van der Waals surface area contributed by atoms with Crippen LogP contribution < -0.4 is 5.32 Å². The van der Waals surface area contributed by atoms with Crippen molar-refractivity contribution in [3.05, 3.63) is 51.7 Å². The lowest BCUT2D eigenvalue weighted by molar-refractivity contribution is 0.0955. The molecule has 3 rings (SSSR count). The number of carbonyl (C=O) groups is 1. The molecular formula is C15H14Cl2N6O. The van der Waals surface area contributed by atoms with E-state index in [0.717, 1.165) is 5.70 Å². The van der Waals surface area contributed by atoms with Crippen LogP contribution in [0.1, 0.15) is 17.4 Å². The van der Waals surface area contributed by atoms with Crippen LogP contribution in [0.2, 0.25) is 10.2 Å². The molecule has 0 aliphatic carbocycles. The van der Waals surface area contributed by atoms with E-state index in [-0.39, 0.29) is 16.8 Å². The Kier molecular flexibility index (Phi) is 4.55. The quantitative estimate of drug-likeness (QED) is 0.907. The molecule has 124 valence electrons. The average molecular weight is 365 g/mol. The lowest BCUT2D eigenvalue weighted by Gasteiger charge is -2.22. The highest BCUT2D eigenvalue weighted by molar-refractivity contribution is 6.32. The predicted octanol–water partition coefficient (Wildman–Crippen LogP) is 2.51. The van der Waals surface area contributed by atoms with Crippen LogP contribution in [0.3, 0.4) is 0 Å². The minimum absolute atomic E-state index is 0.173. The Morgan fingerprint density at radius 2 is 2.17 bits per heavy atom. The first kappa shape index (κ1) is 16.5. The Labute approximate surface area is 148 Å². The van der Waals surface area contributed by atoms with E-state index < -0.39 is 0 Å². The fourth-order valence-corrected chi connectivity index (χ4v) is 2.59. The molecule has 1 N–H and O–H groups in total. The van der Waals surface area contributed by atoms with Crippen molar-refractivity contribution in [3.8, 4) is 5.82 Å². The lowest BCUT2D eigenvalue weighted by atomic mass is 10.2. The molecule has 0 fully saturated rings. The molecule has 0 radical (unpaired) electrons. The Balaban J connectivity index is 1.94. The lowest BCUT2D eigenvalue weighted by Crippen LogP contribution is -2.34. The number of hydrogen-bond acceptors (Lipinski definition) is 5. The molecule has 7 nitrogen and oxygen atoms in total. The number of hydrogen-bond donors (Lipinski definition) is 1. The maximum absolute atomic E-state index is 12.7. The van der Waals surface area contributed by atoms with E-state index in [0.29, 0.717) is 23.1 Å². The second-order valence-electron chi connectivity index (χ2n) is 5.25. The van der Waals surface area contributed by atoms with Gasteiger partial charge in [-0.15, -0.1) is 0 Å². The first-order valence-corrected chi connectivity index (χ1v) is 7.83. The molecule has 1 amide bonds. The molecule has 0 saturated carbocycles. The third-order valence-corrected chi connectivity index (χ3v) is 3.89. The molecule has 2 aromatic heterocycles.